The SMILES string of the molecule is NCCON=C1c2ccc(Cl)cc2-n2cccc21. The highest BCUT2D eigenvalue weighted by Gasteiger charge is 2.25. The molecule has 0 unspecified atom stereocenters. The summed E-state index contributed by atoms with van der Waals surface area (Å²) in [6.45, 7) is 0.860. The molecular formula is C13H12ClN3O. The van der Waals surface area contributed by atoms with Gasteiger partial charge in [0, 0.05) is 23.3 Å². The molecule has 0 bridgehead atoms. The van der Waals surface area contributed by atoms with Crippen LogP contribution in [0, 0.1) is 0 Å². The first-order chi connectivity index (χ1) is 8.81. The first-order valence-electron chi connectivity index (χ1n) is 5.69. The Kier molecular flexibility index (Phi) is 2.81. The Morgan fingerprint density at radius 2 is 2.22 bits per heavy atom. The summed E-state index contributed by atoms with van der Waals surface area (Å²) in [7, 11) is 0. The molecule has 2 N–H and O–H groups in total. The molecule has 4 nitrogen and oxygen atoms in total. The largest absolute Gasteiger partial charge is 0.394 e. The molecule has 3 rings (SSSR count). The second-order valence-electron chi connectivity index (χ2n) is 3.99. The van der Waals surface area contributed by atoms with E-state index in [-0.39, 0.29) is 0 Å². The van der Waals surface area contributed by atoms with Gasteiger partial charge in [0.15, 0.2) is 0 Å². The maximum absolute atomic E-state index is 6.03. The number of hydrogen-bond acceptors (Lipinski definition) is 3. The lowest BCUT2D eigenvalue weighted by Crippen LogP contribution is -2.07. The van der Waals surface area contributed by atoms with Gasteiger partial charge < -0.3 is 15.1 Å². The predicted molar refractivity (Wildman–Crippen MR) is 71.4 cm³/mol. The molecule has 0 aliphatic carbocycles. The van der Waals surface area contributed by atoms with E-state index in [1.807, 2.05) is 41.1 Å². The fourth-order valence-electron chi connectivity index (χ4n) is 2.09. The van der Waals surface area contributed by atoms with E-state index in [4.69, 9.17) is 22.2 Å². The van der Waals surface area contributed by atoms with Crippen molar-refractivity contribution in [2.75, 3.05) is 13.2 Å². The molecule has 1 aliphatic heterocycles. The van der Waals surface area contributed by atoms with Gasteiger partial charge in [0.1, 0.15) is 12.3 Å². The number of benzene rings is 1. The van der Waals surface area contributed by atoms with E-state index >= 15 is 0 Å². The zero-order valence-electron chi connectivity index (χ0n) is 9.64. The van der Waals surface area contributed by atoms with Crippen molar-refractivity contribution in [3.63, 3.8) is 0 Å². The van der Waals surface area contributed by atoms with Crippen LogP contribution in [0.5, 0.6) is 0 Å². The van der Waals surface area contributed by atoms with Crippen molar-refractivity contribution in [3.05, 3.63) is 52.8 Å². The molecule has 2 aromatic rings. The Morgan fingerprint density at radius 1 is 1.33 bits per heavy atom. The maximum atomic E-state index is 6.03. The van der Waals surface area contributed by atoms with Crippen molar-refractivity contribution in [3.8, 4) is 5.69 Å². The molecule has 5 heteroatoms. The number of hydrogen-bond donors (Lipinski definition) is 1. The predicted octanol–water partition coefficient (Wildman–Crippen LogP) is 2.17. The molecule has 1 aromatic carbocycles. The second kappa shape index (κ2) is 4.48. The van der Waals surface area contributed by atoms with Gasteiger partial charge in [-0.25, -0.2) is 0 Å². The fourth-order valence-corrected chi connectivity index (χ4v) is 2.25. The molecule has 2 heterocycles. The van der Waals surface area contributed by atoms with Crippen molar-refractivity contribution in [2.45, 2.75) is 0 Å². The second-order valence-corrected chi connectivity index (χ2v) is 4.42. The van der Waals surface area contributed by atoms with Gasteiger partial charge in [-0.1, -0.05) is 16.8 Å². The molecule has 0 saturated carbocycles. The minimum atomic E-state index is 0.410. The molecule has 0 amide bonds. The topological polar surface area (TPSA) is 52.5 Å². The summed E-state index contributed by atoms with van der Waals surface area (Å²) in [4.78, 5) is 5.20. The highest BCUT2D eigenvalue weighted by molar-refractivity contribution is 6.31. The summed E-state index contributed by atoms with van der Waals surface area (Å²) in [5, 5.41) is 4.88. The normalized spacial score (nSPS) is 14.7. The van der Waals surface area contributed by atoms with Crippen molar-refractivity contribution in [1.82, 2.24) is 4.57 Å². The van der Waals surface area contributed by atoms with Crippen LogP contribution in [-0.4, -0.2) is 23.4 Å². The van der Waals surface area contributed by atoms with E-state index in [0.717, 1.165) is 22.7 Å². The number of nitrogens with zero attached hydrogens (tertiary/aromatic N) is 2. The van der Waals surface area contributed by atoms with Crippen LogP contribution >= 0.6 is 11.6 Å². The van der Waals surface area contributed by atoms with E-state index in [0.29, 0.717) is 18.2 Å². The minimum Gasteiger partial charge on any atom is -0.394 e. The Hall–Kier alpha value is -1.78. The van der Waals surface area contributed by atoms with E-state index in [1.54, 1.807) is 0 Å². The lowest BCUT2D eigenvalue weighted by atomic mass is 10.1. The Balaban J connectivity index is 2.10. The fraction of sp³-hybridized carbons (Fsp3) is 0.154. The zero-order chi connectivity index (χ0) is 12.5. The standard InChI is InChI=1S/C13H12ClN3O/c14-9-3-4-10-12(8-9)17-6-1-2-11(17)13(10)16-18-7-5-15/h1-4,6,8H,5,7,15H2. The third kappa shape index (κ3) is 1.70. The molecular weight excluding hydrogens is 250 g/mol. The molecule has 0 fully saturated rings. The number of rotatable bonds is 3. The van der Waals surface area contributed by atoms with E-state index < -0.39 is 0 Å². The summed E-state index contributed by atoms with van der Waals surface area (Å²) >= 11 is 6.03. The summed E-state index contributed by atoms with van der Waals surface area (Å²) < 4.78 is 2.05. The number of oxime groups is 1. The third-order valence-corrected chi connectivity index (χ3v) is 3.07. The Labute approximate surface area is 110 Å². The van der Waals surface area contributed by atoms with Crippen LogP contribution in [0.2, 0.25) is 5.02 Å². The van der Waals surface area contributed by atoms with Crippen LogP contribution in [0.3, 0.4) is 0 Å². The molecule has 0 spiro atoms. The van der Waals surface area contributed by atoms with Crippen LogP contribution < -0.4 is 5.73 Å². The molecule has 92 valence electrons. The van der Waals surface area contributed by atoms with Gasteiger partial charge in [0.25, 0.3) is 0 Å². The highest BCUT2D eigenvalue weighted by atomic mass is 35.5. The molecule has 0 atom stereocenters. The smallest absolute Gasteiger partial charge is 0.136 e. The molecule has 1 aliphatic rings. The van der Waals surface area contributed by atoms with Crippen molar-refractivity contribution in [1.29, 1.82) is 0 Å². The molecule has 0 saturated heterocycles. The number of nitrogens with two attached hydrogens (primary N) is 1. The lowest BCUT2D eigenvalue weighted by molar-refractivity contribution is 0.152. The van der Waals surface area contributed by atoms with Crippen LogP contribution in [0.1, 0.15) is 11.3 Å². The van der Waals surface area contributed by atoms with Crippen LogP contribution in [-0.2, 0) is 4.84 Å². The lowest BCUT2D eigenvalue weighted by Gasteiger charge is -2.01. The first-order valence-corrected chi connectivity index (χ1v) is 6.07. The number of aromatic nitrogens is 1. The minimum absolute atomic E-state index is 0.410. The van der Waals surface area contributed by atoms with Gasteiger partial charge in [-0.2, -0.15) is 0 Å². The average Bonchev–Trinajstić information content (AvgIpc) is 2.92. The van der Waals surface area contributed by atoms with Crippen LogP contribution in [0.25, 0.3) is 5.69 Å². The summed E-state index contributed by atoms with van der Waals surface area (Å²) in [6.07, 6.45) is 1.98. The summed E-state index contributed by atoms with van der Waals surface area (Å²) in [5.74, 6) is 0. The van der Waals surface area contributed by atoms with Gasteiger partial charge >= 0.3 is 0 Å². The van der Waals surface area contributed by atoms with Crippen molar-refractivity contribution >= 4 is 17.3 Å². The molecule has 18 heavy (non-hydrogen) atoms. The zero-order valence-corrected chi connectivity index (χ0v) is 10.4. The maximum Gasteiger partial charge on any atom is 0.136 e. The van der Waals surface area contributed by atoms with Gasteiger partial charge in [0.2, 0.25) is 0 Å². The van der Waals surface area contributed by atoms with Crippen LogP contribution in [0.15, 0.2) is 41.7 Å². The van der Waals surface area contributed by atoms with E-state index in [9.17, 15) is 0 Å². The van der Waals surface area contributed by atoms with Crippen molar-refractivity contribution in [2.24, 2.45) is 10.9 Å². The summed E-state index contributed by atoms with van der Waals surface area (Å²) in [5.41, 5.74) is 9.25. The van der Waals surface area contributed by atoms with Gasteiger partial charge in [-0.3, -0.25) is 0 Å². The Bertz CT molecular complexity index is 618. The number of halogens is 1. The van der Waals surface area contributed by atoms with Gasteiger partial charge in [-0.05, 0) is 30.3 Å². The summed E-state index contributed by atoms with van der Waals surface area (Å²) in [6, 6.07) is 9.70. The van der Waals surface area contributed by atoms with Gasteiger partial charge in [-0.15, -0.1) is 0 Å². The quantitative estimate of drug-likeness (QED) is 0.580. The third-order valence-electron chi connectivity index (χ3n) is 2.83. The first kappa shape index (κ1) is 11.3. The van der Waals surface area contributed by atoms with E-state index in [1.165, 1.54) is 0 Å². The monoisotopic (exact) mass is 261 g/mol. The Morgan fingerprint density at radius 3 is 3.06 bits per heavy atom. The average molecular weight is 262 g/mol. The molecule has 1 aromatic heterocycles. The molecule has 0 radical (unpaired) electrons. The highest BCUT2D eigenvalue weighted by Crippen LogP contribution is 2.30. The van der Waals surface area contributed by atoms with E-state index in [2.05, 4.69) is 5.16 Å². The van der Waals surface area contributed by atoms with Crippen LogP contribution in [0.4, 0.5) is 0 Å². The van der Waals surface area contributed by atoms with Crippen molar-refractivity contribution < 1.29 is 4.84 Å². The number of fused-ring (bicyclic) bond motifs is 3. The van der Waals surface area contributed by atoms with Gasteiger partial charge in [0.05, 0.1) is 11.4 Å².